The minimum atomic E-state index is -0.392. The fourth-order valence-corrected chi connectivity index (χ4v) is 2.23. The van der Waals surface area contributed by atoms with E-state index in [1.807, 2.05) is 13.1 Å². The predicted molar refractivity (Wildman–Crippen MR) is 66.6 cm³/mol. The van der Waals surface area contributed by atoms with Gasteiger partial charge in [-0.3, -0.25) is 0 Å². The number of nitrogens with two attached hydrogens (primary N) is 1. The Morgan fingerprint density at radius 3 is 3.00 bits per heavy atom. The zero-order chi connectivity index (χ0) is 12.5. The number of methoxy groups -OCH3 is 1. The van der Waals surface area contributed by atoms with Crippen LogP contribution >= 0.6 is 0 Å². The lowest BCUT2D eigenvalue weighted by molar-refractivity contribution is -0.00926. The Bertz CT molecular complexity index is 402. The van der Waals surface area contributed by atoms with Crippen LogP contribution in [0.15, 0.2) is 6.20 Å². The molecule has 0 amide bonds. The summed E-state index contributed by atoms with van der Waals surface area (Å²) in [5, 5.41) is 0. The van der Waals surface area contributed by atoms with Gasteiger partial charge in [0.1, 0.15) is 5.60 Å². The number of nitrogens with zero attached hydrogens (tertiary/aromatic N) is 2. The van der Waals surface area contributed by atoms with Gasteiger partial charge in [0.25, 0.3) is 0 Å². The minimum Gasteiger partial charge on any atom is -0.371 e. The molecule has 4 nitrogen and oxygen atoms in total. The molecule has 0 fully saturated rings. The highest BCUT2D eigenvalue weighted by Gasteiger charge is 2.29. The van der Waals surface area contributed by atoms with Gasteiger partial charge in [0.15, 0.2) is 5.82 Å². The van der Waals surface area contributed by atoms with Gasteiger partial charge >= 0.3 is 0 Å². The summed E-state index contributed by atoms with van der Waals surface area (Å²) in [5.74, 6) is 0.773. The van der Waals surface area contributed by atoms with Gasteiger partial charge in [0.05, 0.1) is 0 Å². The number of hydrogen-bond donors (Lipinski definition) is 1. The molecule has 0 aliphatic heterocycles. The van der Waals surface area contributed by atoms with Crippen molar-refractivity contribution in [1.82, 2.24) is 9.97 Å². The summed E-state index contributed by atoms with van der Waals surface area (Å²) in [6.07, 6.45) is 5.89. The Balaban J connectivity index is 2.39. The molecular formula is C13H21N3O. The van der Waals surface area contributed by atoms with Crippen LogP contribution in [0.5, 0.6) is 0 Å². The fraction of sp³-hybridized carbons (Fsp3) is 0.692. The molecule has 0 radical (unpaired) electrons. The van der Waals surface area contributed by atoms with Gasteiger partial charge in [-0.25, -0.2) is 9.97 Å². The van der Waals surface area contributed by atoms with Crippen molar-refractivity contribution in [3.63, 3.8) is 0 Å². The van der Waals surface area contributed by atoms with Gasteiger partial charge in [0, 0.05) is 30.6 Å². The molecule has 0 saturated carbocycles. The van der Waals surface area contributed by atoms with E-state index in [-0.39, 0.29) is 6.04 Å². The van der Waals surface area contributed by atoms with E-state index in [2.05, 4.69) is 16.9 Å². The first-order valence-corrected chi connectivity index (χ1v) is 6.27. The van der Waals surface area contributed by atoms with Crippen LogP contribution in [-0.2, 0) is 16.8 Å². The molecule has 4 heteroatoms. The summed E-state index contributed by atoms with van der Waals surface area (Å²) in [6.45, 7) is 4.11. The third-order valence-corrected chi connectivity index (χ3v) is 3.83. The summed E-state index contributed by atoms with van der Waals surface area (Å²) in [5.41, 5.74) is 7.88. The third-order valence-electron chi connectivity index (χ3n) is 3.83. The van der Waals surface area contributed by atoms with Crippen LogP contribution in [0.25, 0.3) is 0 Å². The second kappa shape index (κ2) is 4.70. The Labute approximate surface area is 103 Å². The second-order valence-electron chi connectivity index (χ2n) is 4.88. The molecule has 1 aromatic rings. The van der Waals surface area contributed by atoms with Crippen molar-refractivity contribution in [2.45, 2.75) is 51.2 Å². The summed E-state index contributed by atoms with van der Waals surface area (Å²) in [4.78, 5) is 9.10. The van der Waals surface area contributed by atoms with Crippen LogP contribution in [0, 0.1) is 0 Å². The minimum absolute atomic E-state index is 0.100. The molecule has 2 N–H and O–H groups in total. The van der Waals surface area contributed by atoms with Crippen LogP contribution in [0.2, 0.25) is 0 Å². The van der Waals surface area contributed by atoms with Crippen molar-refractivity contribution >= 4 is 0 Å². The summed E-state index contributed by atoms with van der Waals surface area (Å²) >= 11 is 0. The number of aromatic nitrogens is 2. The van der Waals surface area contributed by atoms with Gasteiger partial charge < -0.3 is 10.5 Å². The molecule has 2 rings (SSSR count). The third kappa shape index (κ3) is 2.19. The van der Waals surface area contributed by atoms with E-state index >= 15 is 0 Å². The normalized spacial score (nSPS) is 22.9. The molecule has 1 heterocycles. The molecule has 1 aromatic heterocycles. The Kier molecular flexibility index (Phi) is 3.45. The lowest BCUT2D eigenvalue weighted by atomic mass is 9.92. The van der Waals surface area contributed by atoms with E-state index in [4.69, 9.17) is 10.5 Å². The molecule has 0 saturated heterocycles. The van der Waals surface area contributed by atoms with Gasteiger partial charge in [-0.2, -0.15) is 0 Å². The quantitative estimate of drug-likeness (QED) is 0.871. The SMILES string of the molecule is CCC(C)(OC)c1ncc2c(n1)CCCC2N. The Morgan fingerprint density at radius 2 is 2.35 bits per heavy atom. The zero-order valence-electron chi connectivity index (χ0n) is 10.9. The lowest BCUT2D eigenvalue weighted by Crippen LogP contribution is -2.28. The molecule has 0 bridgehead atoms. The first kappa shape index (κ1) is 12.5. The summed E-state index contributed by atoms with van der Waals surface area (Å²) in [7, 11) is 1.71. The maximum atomic E-state index is 6.06. The van der Waals surface area contributed by atoms with Crippen LogP contribution in [-0.4, -0.2) is 17.1 Å². The largest absolute Gasteiger partial charge is 0.371 e. The van der Waals surface area contributed by atoms with E-state index in [0.717, 1.165) is 42.8 Å². The maximum Gasteiger partial charge on any atom is 0.160 e. The van der Waals surface area contributed by atoms with Crippen LogP contribution in [0.3, 0.4) is 0 Å². The first-order valence-electron chi connectivity index (χ1n) is 6.27. The van der Waals surface area contributed by atoms with E-state index < -0.39 is 5.60 Å². The smallest absolute Gasteiger partial charge is 0.160 e. The standard InChI is InChI=1S/C13H21N3O/c1-4-13(2,17-3)12-15-8-9-10(14)6-5-7-11(9)16-12/h8,10H,4-7,14H2,1-3H3. The maximum absolute atomic E-state index is 6.06. The lowest BCUT2D eigenvalue weighted by Gasteiger charge is -2.27. The highest BCUT2D eigenvalue weighted by atomic mass is 16.5. The number of fused-ring (bicyclic) bond motifs is 1. The highest BCUT2D eigenvalue weighted by molar-refractivity contribution is 5.25. The molecule has 94 valence electrons. The second-order valence-corrected chi connectivity index (χ2v) is 4.88. The molecule has 1 aliphatic carbocycles. The van der Waals surface area contributed by atoms with Crippen molar-refractivity contribution in [3.8, 4) is 0 Å². The highest BCUT2D eigenvalue weighted by Crippen LogP contribution is 2.30. The molecule has 17 heavy (non-hydrogen) atoms. The average Bonchev–Trinajstić information content (AvgIpc) is 2.37. The van der Waals surface area contributed by atoms with Gasteiger partial charge in [-0.05, 0) is 32.6 Å². The fourth-order valence-electron chi connectivity index (χ4n) is 2.23. The number of ether oxygens (including phenoxy) is 1. The topological polar surface area (TPSA) is 61.0 Å². The average molecular weight is 235 g/mol. The predicted octanol–water partition coefficient (Wildman–Crippen LogP) is 2.08. The summed E-state index contributed by atoms with van der Waals surface area (Å²) < 4.78 is 5.53. The number of rotatable bonds is 3. The molecule has 1 aliphatic rings. The molecule has 0 spiro atoms. The molecule has 2 atom stereocenters. The van der Waals surface area contributed by atoms with Gasteiger partial charge in [-0.15, -0.1) is 0 Å². The Hall–Kier alpha value is -1.00. The van der Waals surface area contributed by atoms with Crippen molar-refractivity contribution in [2.24, 2.45) is 5.73 Å². The van der Waals surface area contributed by atoms with Crippen molar-refractivity contribution in [2.75, 3.05) is 7.11 Å². The Morgan fingerprint density at radius 1 is 1.59 bits per heavy atom. The van der Waals surface area contributed by atoms with Crippen LogP contribution < -0.4 is 5.73 Å². The van der Waals surface area contributed by atoms with Crippen molar-refractivity contribution in [3.05, 3.63) is 23.3 Å². The molecular weight excluding hydrogens is 214 g/mol. The van der Waals surface area contributed by atoms with E-state index in [1.165, 1.54) is 0 Å². The van der Waals surface area contributed by atoms with Crippen LogP contribution in [0.4, 0.5) is 0 Å². The number of aryl methyl sites for hydroxylation is 1. The zero-order valence-corrected chi connectivity index (χ0v) is 10.9. The molecule has 2 unspecified atom stereocenters. The monoisotopic (exact) mass is 235 g/mol. The van der Waals surface area contributed by atoms with Crippen LogP contribution in [0.1, 0.15) is 56.2 Å². The van der Waals surface area contributed by atoms with Crippen molar-refractivity contribution in [1.29, 1.82) is 0 Å². The van der Waals surface area contributed by atoms with Gasteiger partial charge in [-0.1, -0.05) is 6.92 Å². The van der Waals surface area contributed by atoms with E-state index in [1.54, 1.807) is 7.11 Å². The molecule has 0 aromatic carbocycles. The van der Waals surface area contributed by atoms with Gasteiger partial charge in [0.2, 0.25) is 0 Å². The summed E-state index contributed by atoms with van der Waals surface area (Å²) in [6, 6.07) is 0.100. The van der Waals surface area contributed by atoms with E-state index in [9.17, 15) is 0 Å². The van der Waals surface area contributed by atoms with Crippen molar-refractivity contribution < 1.29 is 4.74 Å². The number of hydrogen-bond acceptors (Lipinski definition) is 4. The first-order chi connectivity index (χ1) is 8.10. The van der Waals surface area contributed by atoms with E-state index in [0.29, 0.717) is 0 Å².